The summed E-state index contributed by atoms with van der Waals surface area (Å²) in [6.07, 6.45) is 0. The first-order valence-corrected chi connectivity index (χ1v) is 10.2. The van der Waals surface area contributed by atoms with Gasteiger partial charge in [-0.1, -0.05) is 35.3 Å². The van der Waals surface area contributed by atoms with E-state index in [9.17, 15) is 9.59 Å². The summed E-state index contributed by atoms with van der Waals surface area (Å²) in [6.45, 7) is 5.70. The molecule has 0 unspecified atom stereocenters. The molecule has 0 saturated carbocycles. The highest BCUT2D eigenvalue weighted by molar-refractivity contribution is 6.42. The summed E-state index contributed by atoms with van der Waals surface area (Å²) in [7, 11) is 1.57. The monoisotopic (exact) mass is 434 g/mol. The van der Waals surface area contributed by atoms with Gasteiger partial charge in [0, 0.05) is 31.7 Å². The molecule has 1 aliphatic rings. The Balaban J connectivity index is 1.67. The minimum atomic E-state index is -0.743. The van der Waals surface area contributed by atoms with E-state index in [-0.39, 0.29) is 11.8 Å². The number of benzene rings is 2. The lowest BCUT2D eigenvalue weighted by atomic mass is 9.83. The molecule has 0 aromatic heterocycles. The van der Waals surface area contributed by atoms with E-state index >= 15 is 0 Å². The van der Waals surface area contributed by atoms with Crippen LogP contribution < -0.4 is 4.74 Å². The molecule has 5 nitrogen and oxygen atoms in total. The van der Waals surface area contributed by atoms with Gasteiger partial charge in [0.25, 0.3) is 5.91 Å². The summed E-state index contributed by atoms with van der Waals surface area (Å²) < 4.78 is 5.19. The molecule has 2 aromatic carbocycles. The second-order valence-electron chi connectivity index (χ2n) is 7.57. The normalized spacial score (nSPS) is 14.7. The smallest absolute Gasteiger partial charge is 0.254 e. The molecule has 0 spiro atoms. The summed E-state index contributed by atoms with van der Waals surface area (Å²) in [5.41, 5.74) is 0.653. The van der Waals surface area contributed by atoms with Crippen LogP contribution in [0.5, 0.6) is 5.75 Å². The average molecular weight is 435 g/mol. The second kappa shape index (κ2) is 8.64. The molecule has 1 heterocycles. The number of carbonyl (C=O) groups excluding carboxylic acids is 2. The van der Waals surface area contributed by atoms with Gasteiger partial charge in [0.15, 0.2) is 0 Å². The van der Waals surface area contributed by atoms with Gasteiger partial charge in [-0.3, -0.25) is 9.59 Å². The van der Waals surface area contributed by atoms with Crippen LogP contribution in [0.15, 0.2) is 42.5 Å². The zero-order valence-electron chi connectivity index (χ0n) is 16.7. The molecule has 1 aliphatic heterocycles. The van der Waals surface area contributed by atoms with Crippen molar-refractivity contribution in [3.63, 3.8) is 0 Å². The Morgan fingerprint density at radius 1 is 0.931 bits per heavy atom. The summed E-state index contributed by atoms with van der Waals surface area (Å²) in [5, 5.41) is 0.891. The van der Waals surface area contributed by atoms with E-state index in [1.54, 1.807) is 53.3 Å². The number of nitrogens with zero attached hydrogens (tertiary/aromatic N) is 2. The molecule has 7 heteroatoms. The lowest BCUT2D eigenvalue weighted by molar-refractivity contribution is -0.137. The number of halogens is 2. The number of piperazine rings is 1. The van der Waals surface area contributed by atoms with E-state index in [2.05, 4.69) is 0 Å². The number of amides is 2. The zero-order chi connectivity index (χ0) is 21.2. The lowest BCUT2D eigenvalue weighted by Crippen LogP contribution is -2.54. The molecule has 1 saturated heterocycles. The molecule has 154 valence electrons. The third kappa shape index (κ3) is 4.51. The maximum absolute atomic E-state index is 13.2. The molecule has 1 fully saturated rings. The molecule has 0 atom stereocenters. The van der Waals surface area contributed by atoms with Gasteiger partial charge in [-0.05, 0) is 49.7 Å². The summed E-state index contributed by atoms with van der Waals surface area (Å²) in [5.74, 6) is 0.595. The SMILES string of the molecule is COc1cccc(C(=O)N2CCN(C(=O)C(C)(C)c3ccc(Cl)c(Cl)c3)CC2)c1. The number of ether oxygens (including phenoxy) is 1. The first kappa shape index (κ1) is 21.5. The Kier molecular flexibility index (Phi) is 6.39. The zero-order valence-corrected chi connectivity index (χ0v) is 18.3. The fourth-order valence-corrected chi connectivity index (χ4v) is 3.75. The predicted molar refractivity (Wildman–Crippen MR) is 115 cm³/mol. The van der Waals surface area contributed by atoms with E-state index in [1.165, 1.54) is 0 Å². The Morgan fingerprint density at radius 2 is 1.59 bits per heavy atom. The van der Waals surface area contributed by atoms with Gasteiger partial charge >= 0.3 is 0 Å². The number of methoxy groups -OCH3 is 1. The van der Waals surface area contributed by atoms with E-state index in [0.717, 1.165) is 5.56 Å². The molecular weight excluding hydrogens is 411 g/mol. The predicted octanol–water partition coefficient (Wildman–Crippen LogP) is 4.26. The van der Waals surface area contributed by atoms with Gasteiger partial charge in [0.2, 0.25) is 5.91 Å². The van der Waals surface area contributed by atoms with Crippen LogP contribution in [0.3, 0.4) is 0 Å². The van der Waals surface area contributed by atoms with Gasteiger partial charge < -0.3 is 14.5 Å². The number of hydrogen-bond donors (Lipinski definition) is 0. The van der Waals surface area contributed by atoms with Crippen LogP contribution >= 0.6 is 23.2 Å². The molecule has 0 bridgehead atoms. The van der Waals surface area contributed by atoms with E-state index in [0.29, 0.717) is 47.5 Å². The standard InChI is InChI=1S/C22H24Cl2N2O3/c1-22(2,16-7-8-18(23)19(24)14-16)21(28)26-11-9-25(10-12-26)20(27)15-5-4-6-17(13-15)29-3/h4-8,13-14H,9-12H2,1-3H3. The Morgan fingerprint density at radius 3 is 2.21 bits per heavy atom. The summed E-state index contributed by atoms with van der Waals surface area (Å²) in [4.78, 5) is 29.5. The minimum Gasteiger partial charge on any atom is -0.497 e. The topological polar surface area (TPSA) is 49.9 Å². The Bertz CT molecular complexity index is 922. The molecule has 2 aromatic rings. The van der Waals surface area contributed by atoms with Crippen LogP contribution in [0.25, 0.3) is 0 Å². The highest BCUT2D eigenvalue weighted by atomic mass is 35.5. The van der Waals surface area contributed by atoms with Crippen LogP contribution in [0.2, 0.25) is 10.0 Å². The number of rotatable bonds is 4. The third-order valence-electron chi connectivity index (χ3n) is 5.35. The largest absolute Gasteiger partial charge is 0.497 e. The second-order valence-corrected chi connectivity index (χ2v) is 8.38. The average Bonchev–Trinajstić information content (AvgIpc) is 2.74. The molecule has 0 aliphatic carbocycles. The van der Waals surface area contributed by atoms with Crippen molar-refractivity contribution in [1.82, 2.24) is 9.80 Å². The molecule has 29 heavy (non-hydrogen) atoms. The quantitative estimate of drug-likeness (QED) is 0.721. The van der Waals surface area contributed by atoms with Crippen molar-refractivity contribution in [2.24, 2.45) is 0 Å². The first-order valence-electron chi connectivity index (χ1n) is 9.42. The molecule has 0 N–H and O–H groups in total. The number of carbonyl (C=O) groups is 2. The molecule has 0 radical (unpaired) electrons. The molecular formula is C22H24Cl2N2O3. The van der Waals surface area contributed by atoms with Crippen LogP contribution in [-0.4, -0.2) is 54.9 Å². The lowest BCUT2D eigenvalue weighted by Gasteiger charge is -2.39. The Hall–Kier alpha value is -2.24. The van der Waals surface area contributed by atoms with Gasteiger partial charge in [-0.15, -0.1) is 0 Å². The maximum atomic E-state index is 13.2. The van der Waals surface area contributed by atoms with Gasteiger partial charge in [-0.25, -0.2) is 0 Å². The van der Waals surface area contributed by atoms with Crippen molar-refractivity contribution >= 4 is 35.0 Å². The van der Waals surface area contributed by atoms with Crippen LogP contribution in [0.4, 0.5) is 0 Å². The van der Waals surface area contributed by atoms with Crippen LogP contribution in [0, 0.1) is 0 Å². The number of hydrogen-bond acceptors (Lipinski definition) is 3. The van der Waals surface area contributed by atoms with E-state index in [1.807, 2.05) is 19.9 Å². The fraction of sp³-hybridized carbons (Fsp3) is 0.364. The molecule has 2 amide bonds. The van der Waals surface area contributed by atoms with Gasteiger partial charge in [0.05, 0.1) is 22.6 Å². The Labute approximate surface area is 181 Å². The van der Waals surface area contributed by atoms with Crippen molar-refractivity contribution in [3.05, 3.63) is 63.6 Å². The van der Waals surface area contributed by atoms with Crippen molar-refractivity contribution in [3.8, 4) is 5.75 Å². The van der Waals surface area contributed by atoms with Crippen molar-refractivity contribution in [1.29, 1.82) is 0 Å². The highest BCUT2D eigenvalue weighted by Gasteiger charge is 2.36. The van der Waals surface area contributed by atoms with Crippen molar-refractivity contribution in [2.45, 2.75) is 19.3 Å². The van der Waals surface area contributed by atoms with Crippen molar-refractivity contribution < 1.29 is 14.3 Å². The summed E-state index contributed by atoms with van der Waals surface area (Å²) in [6, 6.07) is 12.4. The van der Waals surface area contributed by atoms with E-state index < -0.39 is 5.41 Å². The summed E-state index contributed by atoms with van der Waals surface area (Å²) >= 11 is 12.1. The fourth-order valence-electron chi connectivity index (χ4n) is 3.45. The van der Waals surface area contributed by atoms with Crippen LogP contribution in [0.1, 0.15) is 29.8 Å². The highest BCUT2D eigenvalue weighted by Crippen LogP contribution is 2.31. The molecule has 3 rings (SSSR count). The minimum absolute atomic E-state index is 0.00404. The first-order chi connectivity index (χ1) is 13.7. The van der Waals surface area contributed by atoms with Gasteiger partial charge in [-0.2, -0.15) is 0 Å². The maximum Gasteiger partial charge on any atom is 0.254 e. The van der Waals surface area contributed by atoms with Crippen LogP contribution in [-0.2, 0) is 10.2 Å². The third-order valence-corrected chi connectivity index (χ3v) is 6.09. The van der Waals surface area contributed by atoms with Crippen molar-refractivity contribution in [2.75, 3.05) is 33.3 Å². The van der Waals surface area contributed by atoms with Gasteiger partial charge in [0.1, 0.15) is 5.75 Å². The van der Waals surface area contributed by atoms with E-state index in [4.69, 9.17) is 27.9 Å².